The number of halogens is 1. The standard InChI is InChI=1S/C11H14BrNO3/c1-3-16-11(14)7-15-6-9-4-10(12)5-13-8(9)2/h4-5H,3,6-7H2,1-2H3. The molecule has 0 aliphatic rings. The molecular formula is C11H14BrNO3. The maximum Gasteiger partial charge on any atom is 0.332 e. The fourth-order valence-corrected chi connectivity index (χ4v) is 1.52. The van der Waals surface area contributed by atoms with Crippen molar-refractivity contribution in [2.75, 3.05) is 13.2 Å². The SMILES string of the molecule is CCOC(=O)COCc1cc(Br)cnc1C. The lowest BCUT2D eigenvalue weighted by atomic mass is 10.2. The van der Waals surface area contributed by atoms with Crippen molar-refractivity contribution in [1.82, 2.24) is 4.98 Å². The van der Waals surface area contributed by atoms with Gasteiger partial charge in [-0.05, 0) is 35.8 Å². The summed E-state index contributed by atoms with van der Waals surface area (Å²) in [4.78, 5) is 15.2. The number of hydrogen-bond donors (Lipinski definition) is 0. The molecule has 4 nitrogen and oxygen atoms in total. The van der Waals surface area contributed by atoms with E-state index in [0.29, 0.717) is 13.2 Å². The summed E-state index contributed by atoms with van der Waals surface area (Å²) in [5, 5.41) is 0. The van der Waals surface area contributed by atoms with E-state index in [9.17, 15) is 4.79 Å². The molecule has 0 aliphatic heterocycles. The molecule has 5 heteroatoms. The molecule has 0 saturated heterocycles. The van der Waals surface area contributed by atoms with Crippen LogP contribution in [-0.4, -0.2) is 24.2 Å². The lowest BCUT2D eigenvalue weighted by molar-refractivity contribution is -0.148. The second-order valence-electron chi connectivity index (χ2n) is 3.20. The van der Waals surface area contributed by atoms with Crippen molar-refractivity contribution in [3.8, 4) is 0 Å². The van der Waals surface area contributed by atoms with Crippen molar-refractivity contribution in [3.63, 3.8) is 0 Å². The summed E-state index contributed by atoms with van der Waals surface area (Å²) in [6.07, 6.45) is 1.73. The maximum absolute atomic E-state index is 11.0. The summed E-state index contributed by atoms with van der Waals surface area (Å²) in [5.41, 5.74) is 1.85. The van der Waals surface area contributed by atoms with Crippen LogP contribution in [0.15, 0.2) is 16.7 Å². The molecule has 0 radical (unpaired) electrons. The highest BCUT2D eigenvalue weighted by Gasteiger charge is 2.04. The predicted molar refractivity (Wildman–Crippen MR) is 63.0 cm³/mol. The van der Waals surface area contributed by atoms with Crippen molar-refractivity contribution in [1.29, 1.82) is 0 Å². The minimum Gasteiger partial charge on any atom is -0.464 e. The van der Waals surface area contributed by atoms with Gasteiger partial charge in [-0.1, -0.05) is 0 Å². The van der Waals surface area contributed by atoms with E-state index < -0.39 is 0 Å². The van der Waals surface area contributed by atoms with E-state index >= 15 is 0 Å². The first-order valence-corrected chi connectivity index (χ1v) is 5.77. The topological polar surface area (TPSA) is 48.4 Å². The van der Waals surface area contributed by atoms with Gasteiger partial charge < -0.3 is 9.47 Å². The van der Waals surface area contributed by atoms with Gasteiger partial charge in [0.2, 0.25) is 0 Å². The first-order chi connectivity index (χ1) is 7.63. The summed E-state index contributed by atoms with van der Waals surface area (Å²) in [6.45, 7) is 4.37. The molecule has 0 fully saturated rings. The number of hydrogen-bond acceptors (Lipinski definition) is 4. The van der Waals surface area contributed by atoms with Gasteiger partial charge in [-0.2, -0.15) is 0 Å². The van der Waals surface area contributed by atoms with E-state index in [1.807, 2.05) is 13.0 Å². The second-order valence-corrected chi connectivity index (χ2v) is 4.11. The number of esters is 1. The number of aromatic nitrogens is 1. The van der Waals surface area contributed by atoms with E-state index in [1.54, 1.807) is 13.1 Å². The Morgan fingerprint density at radius 2 is 2.31 bits per heavy atom. The Morgan fingerprint density at radius 1 is 1.56 bits per heavy atom. The molecule has 16 heavy (non-hydrogen) atoms. The average Bonchev–Trinajstić information content (AvgIpc) is 2.23. The Labute approximate surface area is 103 Å². The Hall–Kier alpha value is -0.940. The summed E-state index contributed by atoms with van der Waals surface area (Å²) < 4.78 is 10.9. The zero-order valence-electron chi connectivity index (χ0n) is 9.33. The fourth-order valence-electron chi connectivity index (χ4n) is 1.14. The molecule has 0 aliphatic carbocycles. The second kappa shape index (κ2) is 6.60. The van der Waals surface area contributed by atoms with E-state index in [2.05, 4.69) is 20.9 Å². The van der Waals surface area contributed by atoms with Gasteiger partial charge in [0.15, 0.2) is 0 Å². The first-order valence-electron chi connectivity index (χ1n) is 4.98. The van der Waals surface area contributed by atoms with E-state index in [0.717, 1.165) is 15.7 Å². The van der Waals surface area contributed by atoms with Crippen molar-refractivity contribution in [2.24, 2.45) is 0 Å². The third kappa shape index (κ3) is 4.28. The molecule has 1 heterocycles. The number of nitrogens with zero attached hydrogens (tertiary/aromatic N) is 1. The summed E-state index contributed by atoms with van der Waals surface area (Å²) in [7, 11) is 0. The molecular weight excluding hydrogens is 274 g/mol. The quantitative estimate of drug-likeness (QED) is 0.780. The van der Waals surface area contributed by atoms with Gasteiger partial charge in [-0.15, -0.1) is 0 Å². The summed E-state index contributed by atoms with van der Waals surface area (Å²) in [5.74, 6) is -0.344. The van der Waals surface area contributed by atoms with Crippen LogP contribution in [0.2, 0.25) is 0 Å². The molecule has 0 atom stereocenters. The van der Waals surface area contributed by atoms with Gasteiger partial charge in [0.25, 0.3) is 0 Å². The number of aryl methyl sites for hydroxylation is 1. The van der Waals surface area contributed by atoms with Gasteiger partial charge in [-0.3, -0.25) is 4.98 Å². The molecule has 0 bridgehead atoms. The number of carbonyl (C=O) groups excluding carboxylic acids is 1. The van der Waals surface area contributed by atoms with Crippen LogP contribution in [0, 0.1) is 6.92 Å². The molecule has 88 valence electrons. The van der Waals surface area contributed by atoms with E-state index in [-0.39, 0.29) is 12.6 Å². The zero-order valence-corrected chi connectivity index (χ0v) is 10.9. The highest BCUT2D eigenvalue weighted by atomic mass is 79.9. The van der Waals surface area contributed by atoms with Gasteiger partial charge in [0, 0.05) is 21.9 Å². The largest absolute Gasteiger partial charge is 0.464 e. The monoisotopic (exact) mass is 287 g/mol. The smallest absolute Gasteiger partial charge is 0.332 e. The molecule has 0 amide bonds. The fraction of sp³-hybridized carbons (Fsp3) is 0.455. The third-order valence-electron chi connectivity index (χ3n) is 1.94. The Balaban J connectivity index is 2.42. The van der Waals surface area contributed by atoms with Crippen molar-refractivity contribution < 1.29 is 14.3 Å². The average molecular weight is 288 g/mol. The predicted octanol–water partition coefficient (Wildman–Crippen LogP) is 2.23. The molecule has 0 aromatic carbocycles. The number of rotatable bonds is 5. The third-order valence-corrected chi connectivity index (χ3v) is 2.37. The zero-order chi connectivity index (χ0) is 12.0. The van der Waals surface area contributed by atoms with Gasteiger partial charge >= 0.3 is 5.97 Å². The number of pyridine rings is 1. The van der Waals surface area contributed by atoms with Crippen LogP contribution >= 0.6 is 15.9 Å². The Morgan fingerprint density at radius 3 is 3.00 bits per heavy atom. The van der Waals surface area contributed by atoms with E-state index in [4.69, 9.17) is 9.47 Å². The molecule has 1 aromatic heterocycles. The Kier molecular flexibility index (Phi) is 5.42. The summed E-state index contributed by atoms with van der Waals surface area (Å²) in [6, 6.07) is 1.92. The van der Waals surface area contributed by atoms with Gasteiger partial charge in [0.1, 0.15) is 6.61 Å². The van der Waals surface area contributed by atoms with Crippen LogP contribution in [-0.2, 0) is 20.9 Å². The van der Waals surface area contributed by atoms with E-state index in [1.165, 1.54) is 0 Å². The van der Waals surface area contributed by atoms with Crippen LogP contribution in [0.4, 0.5) is 0 Å². The molecule has 0 unspecified atom stereocenters. The highest BCUT2D eigenvalue weighted by Crippen LogP contribution is 2.14. The van der Waals surface area contributed by atoms with Crippen LogP contribution in [0.25, 0.3) is 0 Å². The normalized spacial score (nSPS) is 10.2. The van der Waals surface area contributed by atoms with Gasteiger partial charge in [0.05, 0.1) is 13.2 Å². The Bertz CT molecular complexity index is 368. The molecule has 0 N–H and O–H groups in total. The van der Waals surface area contributed by atoms with Crippen LogP contribution in [0.3, 0.4) is 0 Å². The van der Waals surface area contributed by atoms with Crippen LogP contribution in [0.1, 0.15) is 18.2 Å². The molecule has 0 spiro atoms. The minimum atomic E-state index is -0.344. The van der Waals surface area contributed by atoms with Crippen LogP contribution < -0.4 is 0 Å². The lowest BCUT2D eigenvalue weighted by Gasteiger charge is -2.06. The van der Waals surface area contributed by atoms with Crippen molar-refractivity contribution in [2.45, 2.75) is 20.5 Å². The van der Waals surface area contributed by atoms with Gasteiger partial charge in [-0.25, -0.2) is 4.79 Å². The van der Waals surface area contributed by atoms with Crippen molar-refractivity contribution >= 4 is 21.9 Å². The van der Waals surface area contributed by atoms with Crippen molar-refractivity contribution in [3.05, 3.63) is 28.0 Å². The number of carbonyl (C=O) groups is 1. The first kappa shape index (κ1) is 13.1. The summed E-state index contributed by atoms with van der Waals surface area (Å²) >= 11 is 3.33. The molecule has 0 saturated carbocycles. The number of ether oxygens (including phenoxy) is 2. The molecule has 1 rings (SSSR count). The minimum absolute atomic E-state index is 0.0280. The highest BCUT2D eigenvalue weighted by molar-refractivity contribution is 9.10. The lowest BCUT2D eigenvalue weighted by Crippen LogP contribution is -2.12. The molecule has 1 aromatic rings. The maximum atomic E-state index is 11.0. The van der Waals surface area contributed by atoms with Crippen LogP contribution in [0.5, 0.6) is 0 Å².